The summed E-state index contributed by atoms with van der Waals surface area (Å²) in [5.41, 5.74) is 1.51. The van der Waals surface area contributed by atoms with Crippen LogP contribution in [0.5, 0.6) is 5.75 Å². The van der Waals surface area contributed by atoms with Crippen molar-refractivity contribution in [3.05, 3.63) is 23.8 Å². The van der Waals surface area contributed by atoms with Crippen LogP contribution in [0.1, 0.15) is 52.0 Å². The maximum Gasteiger partial charge on any atom is 0.241 e. The van der Waals surface area contributed by atoms with E-state index >= 15 is 0 Å². The van der Waals surface area contributed by atoms with Crippen LogP contribution in [0.2, 0.25) is 0 Å². The maximum absolute atomic E-state index is 12.8. The molecule has 2 aliphatic rings. The quantitative estimate of drug-likeness (QED) is 0.825. The van der Waals surface area contributed by atoms with Crippen LogP contribution < -0.4 is 5.32 Å². The third-order valence-corrected chi connectivity index (χ3v) is 5.38. The molecule has 1 amide bonds. The van der Waals surface area contributed by atoms with Crippen LogP contribution in [0.3, 0.4) is 0 Å². The highest BCUT2D eigenvalue weighted by atomic mass is 16.5. The molecule has 0 saturated carbocycles. The van der Waals surface area contributed by atoms with Gasteiger partial charge in [-0.15, -0.1) is 0 Å². The van der Waals surface area contributed by atoms with E-state index in [-0.39, 0.29) is 23.1 Å². The lowest BCUT2D eigenvalue weighted by atomic mass is 9.87. The van der Waals surface area contributed by atoms with Crippen molar-refractivity contribution in [2.75, 3.05) is 25.1 Å². The van der Waals surface area contributed by atoms with E-state index in [1.807, 2.05) is 12.1 Å². The fraction of sp³-hybridized carbons (Fsp3) is 0.650. The summed E-state index contributed by atoms with van der Waals surface area (Å²) < 4.78 is 5.44. The lowest BCUT2D eigenvalue weighted by Gasteiger charge is -2.34. The smallest absolute Gasteiger partial charge is 0.241 e. The minimum Gasteiger partial charge on any atom is -0.506 e. The van der Waals surface area contributed by atoms with Gasteiger partial charge < -0.3 is 15.2 Å². The van der Waals surface area contributed by atoms with Crippen LogP contribution in [-0.2, 0) is 14.9 Å². The molecule has 5 heteroatoms. The standard InChI is InChI=1S/C20H30N2O3/c1-20(2,3)14-6-7-16(18(23)13-14)21-19(24)17-5-4-10-22(17)15-8-11-25-12-9-15/h6-7,13,15,17,23H,4-5,8-12H2,1-3H3,(H,21,24)/t17-/m0/s1. The molecule has 3 rings (SSSR count). The van der Waals surface area contributed by atoms with Gasteiger partial charge in [0.2, 0.25) is 5.91 Å². The highest BCUT2D eigenvalue weighted by Crippen LogP contribution is 2.32. The molecule has 2 heterocycles. The molecule has 0 aliphatic carbocycles. The third-order valence-electron chi connectivity index (χ3n) is 5.38. The fourth-order valence-corrected chi connectivity index (χ4v) is 3.84. The highest BCUT2D eigenvalue weighted by Gasteiger charge is 2.36. The van der Waals surface area contributed by atoms with Gasteiger partial charge in [0.15, 0.2) is 0 Å². The first kappa shape index (κ1) is 18.2. The Labute approximate surface area is 150 Å². The first-order valence-corrected chi connectivity index (χ1v) is 9.34. The Morgan fingerprint density at radius 2 is 1.96 bits per heavy atom. The van der Waals surface area contributed by atoms with E-state index < -0.39 is 0 Å². The zero-order valence-corrected chi connectivity index (χ0v) is 15.5. The molecular weight excluding hydrogens is 316 g/mol. The Hall–Kier alpha value is -1.59. The van der Waals surface area contributed by atoms with E-state index in [0.29, 0.717) is 11.7 Å². The van der Waals surface area contributed by atoms with Gasteiger partial charge in [-0.2, -0.15) is 0 Å². The molecule has 5 nitrogen and oxygen atoms in total. The number of nitrogens with zero attached hydrogens (tertiary/aromatic N) is 1. The second-order valence-corrected chi connectivity index (χ2v) is 8.21. The molecule has 138 valence electrons. The van der Waals surface area contributed by atoms with Gasteiger partial charge in [0.1, 0.15) is 5.75 Å². The van der Waals surface area contributed by atoms with Crippen LogP contribution in [0.25, 0.3) is 0 Å². The molecule has 2 N–H and O–H groups in total. The number of nitrogens with one attached hydrogen (secondary N) is 1. The van der Waals surface area contributed by atoms with Crippen molar-refractivity contribution in [1.29, 1.82) is 0 Å². The van der Waals surface area contributed by atoms with Crippen molar-refractivity contribution >= 4 is 11.6 Å². The number of hydrogen-bond acceptors (Lipinski definition) is 4. The number of carbonyl (C=O) groups excluding carboxylic acids is 1. The highest BCUT2D eigenvalue weighted by molar-refractivity contribution is 5.96. The van der Waals surface area contributed by atoms with Gasteiger partial charge >= 0.3 is 0 Å². The summed E-state index contributed by atoms with van der Waals surface area (Å²) >= 11 is 0. The van der Waals surface area contributed by atoms with Crippen molar-refractivity contribution in [2.45, 2.75) is 64.0 Å². The lowest BCUT2D eigenvalue weighted by molar-refractivity contribution is -0.121. The molecule has 2 fully saturated rings. The Morgan fingerprint density at radius 3 is 2.60 bits per heavy atom. The molecule has 0 radical (unpaired) electrons. The molecule has 1 aromatic rings. The van der Waals surface area contributed by atoms with Crippen molar-refractivity contribution in [3.8, 4) is 5.75 Å². The van der Waals surface area contributed by atoms with Gasteiger partial charge in [0, 0.05) is 19.3 Å². The summed E-state index contributed by atoms with van der Waals surface area (Å²) in [5.74, 6) is 0.124. The van der Waals surface area contributed by atoms with Gasteiger partial charge in [-0.3, -0.25) is 9.69 Å². The van der Waals surface area contributed by atoms with Crippen LogP contribution in [0, 0.1) is 0 Å². The summed E-state index contributed by atoms with van der Waals surface area (Å²) in [4.78, 5) is 15.1. The van der Waals surface area contributed by atoms with E-state index in [9.17, 15) is 9.90 Å². The molecule has 25 heavy (non-hydrogen) atoms. The number of amides is 1. The summed E-state index contributed by atoms with van der Waals surface area (Å²) in [6.07, 6.45) is 3.92. The predicted octanol–water partition coefficient (Wildman–Crippen LogP) is 3.27. The van der Waals surface area contributed by atoms with Crippen LogP contribution in [0.15, 0.2) is 18.2 Å². The topological polar surface area (TPSA) is 61.8 Å². The number of phenols is 1. The Kier molecular flexibility index (Phi) is 5.35. The number of benzene rings is 1. The number of aromatic hydroxyl groups is 1. The van der Waals surface area contributed by atoms with Crippen LogP contribution in [0.4, 0.5) is 5.69 Å². The molecule has 0 aromatic heterocycles. The number of carbonyl (C=O) groups is 1. The summed E-state index contributed by atoms with van der Waals surface area (Å²) in [7, 11) is 0. The number of anilines is 1. The van der Waals surface area contributed by atoms with Crippen molar-refractivity contribution in [1.82, 2.24) is 4.90 Å². The molecule has 2 saturated heterocycles. The SMILES string of the molecule is CC(C)(C)c1ccc(NC(=O)[C@@H]2CCCN2C2CCOCC2)c(O)c1. The zero-order valence-electron chi connectivity index (χ0n) is 15.5. The van der Waals surface area contributed by atoms with E-state index in [4.69, 9.17) is 4.74 Å². The number of rotatable bonds is 3. The van der Waals surface area contributed by atoms with Crippen LogP contribution in [-0.4, -0.2) is 47.8 Å². The van der Waals surface area contributed by atoms with Crippen molar-refractivity contribution in [3.63, 3.8) is 0 Å². The second-order valence-electron chi connectivity index (χ2n) is 8.21. The fourth-order valence-electron chi connectivity index (χ4n) is 3.84. The Balaban J connectivity index is 1.69. The van der Waals surface area contributed by atoms with Gasteiger partial charge in [-0.1, -0.05) is 26.8 Å². The van der Waals surface area contributed by atoms with E-state index in [1.165, 1.54) is 0 Å². The molecule has 1 aromatic carbocycles. The number of hydrogen-bond donors (Lipinski definition) is 2. The normalized spacial score (nSPS) is 22.9. The van der Waals surface area contributed by atoms with Crippen molar-refractivity contribution < 1.29 is 14.6 Å². The van der Waals surface area contributed by atoms with Crippen molar-refractivity contribution in [2.24, 2.45) is 0 Å². The van der Waals surface area contributed by atoms with Gasteiger partial charge in [0.25, 0.3) is 0 Å². The Morgan fingerprint density at radius 1 is 1.24 bits per heavy atom. The Bertz CT molecular complexity index is 618. The average molecular weight is 346 g/mol. The molecule has 1 atom stereocenters. The summed E-state index contributed by atoms with van der Waals surface area (Å²) in [6.45, 7) is 8.84. The molecule has 2 aliphatic heterocycles. The van der Waals surface area contributed by atoms with Gasteiger partial charge in [0.05, 0.1) is 11.7 Å². The van der Waals surface area contributed by atoms with Gasteiger partial charge in [-0.05, 0) is 55.3 Å². The monoisotopic (exact) mass is 346 g/mol. The van der Waals surface area contributed by atoms with Gasteiger partial charge in [-0.25, -0.2) is 0 Å². The molecule has 0 unspecified atom stereocenters. The number of likely N-dealkylation sites (tertiary alicyclic amines) is 1. The predicted molar refractivity (Wildman–Crippen MR) is 99.0 cm³/mol. The number of ether oxygens (including phenoxy) is 1. The molecule has 0 bridgehead atoms. The second kappa shape index (κ2) is 7.34. The van der Waals surface area contributed by atoms with E-state index in [1.54, 1.807) is 6.07 Å². The molecular formula is C20H30N2O3. The van der Waals surface area contributed by atoms with E-state index in [0.717, 1.165) is 51.0 Å². The minimum absolute atomic E-state index is 0.0113. The summed E-state index contributed by atoms with van der Waals surface area (Å²) in [6, 6.07) is 5.86. The van der Waals surface area contributed by atoms with E-state index in [2.05, 4.69) is 31.0 Å². The number of phenolic OH excluding ortho intramolecular Hbond substituents is 1. The summed E-state index contributed by atoms with van der Waals surface area (Å²) in [5, 5.41) is 13.3. The first-order chi connectivity index (χ1) is 11.9. The minimum atomic E-state index is -0.107. The molecule has 0 spiro atoms. The lowest BCUT2D eigenvalue weighted by Crippen LogP contribution is -2.47. The average Bonchev–Trinajstić information content (AvgIpc) is 3.06. The van der Waals surface area contributed by atoms with Crippen LogP contribution >= 0.6 is 0 Å². The first-order valence-electron chi connectivity index (χ1n) is 9.34. The maximum atomic E-state index is 12.8. The third kappa shape index (κ3) is 4.15. The zero-order chi connectivity index (χ0) is 18.0. The largest absolute Gasteiger partial charge is 0.506 e.